The molecule has 1 aliphatic carbocycles. The lowest BCUT2D eigenvalue weighted by molar-refractivity contribution is 0.139. The third kappa shape index (κ3) is 3.58. The Morgan fingerprint density at radius 3 is 2.29 bits per heavy atom. The van der Waals surface area contributed by atoms with Gasteiger partial charge >= 0.3 is 0 Å². The highest BCUT2D eigenvalue weighted by Gasteiger charge is 2.42. The molecule has 0 saturated heterocycles. The first-order valence-corrected chi connectivity index (χ1v) is 5.85. The van der Waals surface area contributed by atoms with Gasteiger partial charge in [-0.2, -0.15) is 0 Å². The molecule has 2 N–H and O–H groups in total. The molecule has 1 rings (SSSR count). The Balaban J connectivity index is 2.13. The summed E-state index contributed by atoms with van der Waals surface area (Å²) in [7, 11) is 0. The SMILES string of the molecule is CC(C)CC(O)CNC(C)C1(C)CC1. The highest BCUT2D eigenvalue weighted by atomic mass is 16.3. The van der Waals surface area contributed by atoms with Crippen molar-refractivity contribution in [3.63, 3.8) is 0 Å². The van der Waals surface area contributed by atoms with Crippen LogP contribution in [0.2, 0.25) is 0 Å². The van der Waals surface area contributed by atoms with E-state index in [4.69, 9.17) is 0 Å². The Labute approximate surface area is 88.1 Å². The van der Waals surface area contributed by atoms with E-state index in [1.807, 2.05) is 0 Å². The second kappa shape index (κ2) is 4.63. The molecule has 0 aromatic rings. The molecule has 1 aliphatic rings. The second-order valence-corrected chi connectivity index (χ2v) is 5.57. The zero-order valence-corrected chi connectivity index (χ0v) is 10.0. The fraction of sp³-hybridized carbons (Fsp3) is 1.00. The summed E-state index contributed by atoms with van der Waals surface area (Å²) in [6.07, 6.45) is 3.39. The highest BCUT2D eigenvalue weighted by Crippen LogP contribution is 2.47. The zero-order chi connectivity index (χ0) is 10.8. The molecule has 0 aromatic heterocycles. The van der Waals surface area contributed by atoms with Gasteiger partial charge in [0.1, 0.15) is 0 Å². The summed E-state index contributed by atoms with van der Waals surface area (Å²) in [4.78, 5) is 0. The van der Waals surface area contributed by atoms with Crippen LogP contribution in [-0.2, 0) is 0 Å². The van der Waals surface area contributed by atoms with Crippen LogP contribution in [0.3, 0.4) is 0 Å². The summed E-state index contributed by atoms with van der Waals surface area (Å²) < 4.78 is 0. The third-order valence-corrected chi connectivity index (χ3v) is 3.49. The fourth-order valence-electron chi connectivity index (χ4n) is 1.82. The molecule has 0 heterocycles. The van der Waals surface area contributed by atoms with E-state index in [0.717, 1.165) is 13.0 Å². The maximum atomic E-state index is 9.69. The van der Waals surface area contributed by atoms with Crippen LogP contribution < -0.4 is 5.32 Å². The van der Waals surface area contributed by atoms with Gasteiger partial charge in [0.05, 0.1) is 6.10 Å². The van der Waals surface area contributed by atoms with Crippen LogP contribution >= 0.6 is 0 Å². The van der Waals surface area contributed by atoms with Gasteiger partial charge in [0.25, 0.3) is 0 Å². The second-order valence-electron chi connectivity index (χ2n) is 5.57. The van der Waals surface area contributed by atoms with Crippen LogP contribution in [0.15, 0.2) is 0 Å². The first-order chi connectivity index (χ1) is 6.44. The van der Waals surface area contributed by atoms with Crippen LogP contribution in [0.25, 0.3) is 0 Å². The number of aliphatic hydroxyl groups excluding tert-OH is 1. The average Bonchev–Trinajstić information content (AvgIpc) is 2.79. The van der Waals surface area contributed by atoms with Crippen molar-refractivity contribution in [3.05, 3.63) is 0 Å². The van der Waals surface area contributed by atoms with Gasteiger partial charge in [-0.3, -0.25) is 0 Å². The van der Waals surface area contributed by atoms with Gasteiger partial charge in [-0.05, 0) is 37.5 Å². The van der Waals surface area contributed by atoms with Crippen LogP contribution in [0.1, 0.15) is 47.0 Å². The van der Waals surface area contributed by atoms with Gasteiger partial charge in [0.15, 0.2) is 0 Å². The van der Waals surface area contributed by atoms with Gasteiger partial charge in [-0.15, -0.1) is 0 Å². The van der Waals surface area contributed by atoms with Gasteiger partial charge < -0.3 is 10.4 Å². The first kappa shape index (κ1) is 12.0. The van der Waals surface area contributed by atoms with Gasteiger partial charge in [-0.1, -0.05) is 20.8 Å². The molecule has 0 aromatic carbocycles. The molecule has 2 nitrogen and oxygen atoms in total. The molecule has 0 spiro atoms. The normalized spacial score (nSPS) is 23.6. The van der Waals surface area contributed by atoms with E-state index in [9.17, 15) is 5.11 Å². The van der Waals surface area contributed by atoms with Crippen molar-refractivity contribution < 1.29 is 5.11 Å². The van der Waals surface area contributed by atoms with Crippen LogP contribution in [0.5, 0.6) is 0 Å². The molecule has 2 atom stereocenters. The number of rotatable bonds is 6. The standard InChI is InChI=1S/C12H25NO/c1-9(2)7-11(14)8-13-10(3)12(4)5-6-12/h9-11,13-14H,5-8H2,1-4H3. The Hall–Kier alpha value is -0.0800. The van der Waals surface area contributed by atoms with Crippen LogP contribution in [-0.4, -0.2) is 23.8 Å². The lowest BCUT2D eigenvalue weighted by atomic mass is 10.00. The molecular formula is C12H25NO. The molecule has 2 unspecified atom stereocenters. The minimum Gasteiger partial charge on any atom is -0.392 e. The summed E-state index contributed by atoms with van der Waals surface area (Å²) in [6, 6.07) is 0.546. The molecule has 0 bridgehead atoms. The van der Waals surface area contributed by atoms with E-state index in [1.54, 1.807) is 0 Å². The molecule has 1 fully saturated rings. The Bertz CT molecular complexity index is 175. The van der Waals surface area contributed by atoms with E-state index in [2.05, 4.69) is 33.0 Å². The molecule has 14 heavy (non-hydrogen) atoms. The van der Waals surface area contributed by atoms with Crippen molar-refractivity contribution in [2.75, 3.05) is 6.54 Å². The largest absolute Gasteiger partial charge is 0.392 e. The van der Waals surface area contributed by atoms with Gasteiger partial charge in [-0.25, -0.2) is 0 Å². The predicted molar refractivity (Wildman–Crippen MR) is 60.3 cm³/mol. The lowest BCUT2D eigenvalue weighted by Crippen LogP contribution is -2.38. The topological polar surface area (TPSA) is 32.3 Å². The number of hydrogen-bond acceptors (Lipinski definition) is 2. The van der Waals surface area contributed by atoms with Crippen molar-refractivity contribution in [1.29, 1.82) is 0 Å². The monoisotopic (exact) mass is 199 g/mol. The van der Waals surface area contributed by atoms with Crippen molar-refractivity contribution in [2.45, 2.75) is 59.1 Å². The van der Waals surface area contributed by atoms with Gasteiger partial charge in [0.2, 0.25) is 0 Å². The van der Waals surface area contributed by atoms with E-state index in [0.29, 0.717) is 17.4 Å². The Morgan fingerprint density at radius 1 is 1.29 bits per heavy atom. The molecule has 0 amide bonds. The van der Waals surface area contributed by atoms with Crippen LogP contribution in [0.4, 0.5) is 0 Å². The molecule has 2 heteroatoms. The number of hydrogen-bond donors (Lipinski definition) is 2. The Morgan fingerprint density at radius 2 is 1.86 bits per heavy atom. The third-order valence-electron chi connectivity index (χ3n) is 3.49. The molecular weight excluding hydrogens is 174 g/mol. The van der Waals surface area contributed by atoms with Crippen molar-refractivity contribution in [3.8, 4) is 0 Å². The van der Waals surface area contributed by atoms with Gasteiger partial charge in [0, 0.05) is 12.6 Å². The minimum atomic E-state index is -0.181. The molecule has 0 aliphatic heterocycles. The summed E-state index contributed by atoms with van der Waals surface area (Å²) in [5, 5.41) is 13.1. The fourth-order valence-corrected chi connectivity index (χ4v) is 1.82. The van der Waals surface area contributed by atoms with E-state index < -0.39 is 0 Å². The summed E-state index contributed by atoms with van der Waals surface area (Å²) >= 11 is 0. The first-order valence-electron chi connectivity index (χ1n) is 5.85. The predicted octanol–water partition coefficient (Wildman–Crippen LogP) is 2.17. The summed E-state index contributed by atoms with van der Waals surface area (Å²) in [5.41, 5.74) is 0.511. The van der Waals surface area contributed by atoms with E-state index in [-0.39, 0.29) is 6.10 Å². The molecule has 0 radical (unpaired) electrons. The molecule has 1 saturated carbocycles. The van der Waals surface area contributed by atoms with Crippen molar-refractivity contribution in [1.82, 2.24) is 5.32 Å². The quantitative estimate of drug-likeness (QED) is 0.687. The Kier molecular flexibility index (Phi) is 3.96. The maximum absolute atomic E-state index is 9.69. The average molecular weight is 199 g/mol. The zero-order valence-electron chi connectivity index (χ0n) is 10.0. The summed E-state index contributed by atoms with van der Waals surface area (Å²) in [6.45, 7) is 9.59. The minimum absolute atomic E-state index is 0.181. The maximum Gasteiger partial charge on any atom is 0.0667 e. The lowest BCUT2D eigenvalue weighted by Gasteiger charge is -2.22. The van der Waals surface area contributed by atoms with E-state index in [1.165, 1.54) is 12.8 Å². The van der Waals surface area contributed by atoms with Crippen molar-refractivity contribution in [2.24, 2.45) is 11.3 Å². The highest BCUT2D eigenvalue weighted by molar-refractivity contribution is 4.96. The summed E-state index contributed by atoms with van der Waals surface area (Å²) in [5.74, 6) is 0.582. The smallest absolute Gasteiger partial charge is 0.0667 e. The number of nitrogens with one attached hydrogen (secondary N) is 1. The van der Waals surface area contributed by atoms with Crippen molar-refractivity contribution >= 4 is 0 Å². The van der Waals surface area contributed by atoms with Crippen LogP contribution in [0, 0.1) is 11.3 Å². The molecule has 84 valence electrons. The number of aliphatic hydroxyl groups is 1. The van der Waals surface area contributed by atoms with E-state index >= 15 is 0 Å².